The second-order valence-corrected chi connectivity index (χ2v) is 6.37. The Hall–Kier alpha value is -3.03. The number of methoxy groups -OCH3 is 2. The number of ether oxygens (including phenoxy) is 2. The van der Waals surface area contributed by atoms with Crippen LogP contribution in [0.1, 0.15) is 36.6 Å². The monoisotopic (exact) mass is 382 g/mol. The molecule has 0 saturated carbocycles. The molecule has 1 heterocycles. The Bertz CT molecular complexity index is 878. The van der Waals surface area contributed by atoms with E-state index in [1.807, 2.05) is 30.3 Å². The van der Waals surface area contributed by atoms with E-state index in [0.29, 0.717) is 24.1 Å². The number of hydrogen-bond acceptors (Lipinski definition) is 5. The van der Waals surface area contributed by atoms with Crippen molar-refractivity contribution in [3.8, 4) is 0 Å². The van der Waals surface area contributed by atoms with Crippen molar-refractivity contribution in [1.82, 2.24) is 10.2 Å². The van der Waals surface area contributed by atoms with Gasteiger partial charge in [0.15, 0.2) is 6.29 Å². The number of hydrogen-bond donors (Lipinski definition) is 1. The van der Waals surface area contributed by atoms with Crippen LogP contribution in [0.3, 0.4) is 0 Å². The smallest absolute Gasteiger partial charge is 0.261 e. The van der Waals surface area contributed by atoms with Gasteiger partial charge in [0.25, 0.3) is 17.7 Å². The Kier molecular flexibility index (Phi) is 6.18. The Morgan fingerprint density at radius 3 is 2.36 bits per heavy atom. The molecule has 3 amide bonds. The molecule has 0 fully saturated rings. The predicted octanol–water partition coefficient (Wildman–Crippen LogP) is 1.87. The van der Waals surface area contributed by atoms with Crippen molar-refractivity contribution < 1.29 is 23.9 Å². The molecular weight excluding hydrogens is 360 g/mol. The summed E-state index contributed by atoms with van der Waals surface area (Å²) >= 11 is 0. The Labute approximate surface area is 163 Å². The molecule has 1 N–H and O–H groups in total. The largest absolute Gasteiger partial charge is 0.354 e. The van der Waals surface area contributed by atoms with Crippen molar-refractivity contribution in [1.29, 1.82) is 0 Å². The Morgan fingerprint density at radius 2 is 1.68 bits per heavy atom. The van der Waals surface area contributed by atoms with Crippen molar-refractivity contribution in [3.63, 3.8) is 0 Å². The third kappa shape index (κ3) is 4.11. The van der Waals surface area contributed by atoms with Gasteiger partial charge >= 0.3 is 0 Å². The van der Waals surface area contributed by atoms with Gasteiger partial charge in [0.1, 0.15) is 0 Å². The van der Waals surface area contributed by atoms with E-state index in [1.54, 1.807) is 0 Å². The molecule has 0 saturated heterocycles. The second kappa shape index (κ2) is 8.77. The predicted molar refractivity (Wildman–Crippen MR) is 102 cm³/mol. The quantitative estimate of drug-likeness (QED) is 0.557. The highest BCUT2D eigenvalue weighted by Gasteiger charge is 2.35. The molecule has 7 nitrogen and oxygen atoms in total. The molecule has 2 aromatic rings. The van der Waals surface area contributed by atoms with E-state index in [0.717, 1.165) is 5.56 Å². The molecule has 0 aromatic heterocycles. The van der Waals surface area contributed by atoms with Crippen LogP contribution in [-0.2, 0) is 15.9 Å². The van der Waals surface area contributed by atoms with E-state index >= 15 is 0 Å². The lowest BCUT2D eigenvalue weighted by Crippen LogP contribution is -2.34. The second-order valence-electron chi connectivity index (χ2n) is 6.37. The van der Waals surface area contributed by atoms with E-state index in [-0.39, 0.29) is 29.8 Å². The molecular formula is C21H22N2O5. The van der Waals surface area contributed by atoms with Crippen LogP contribution in [0.15, 0.2) is 48.5 Å². The van der Waals surface area contributed by atoms with Crippen LogP contribution in [0, 0.1) is 0 Å². The van der Waals surface area contributed by atoms with E-state index < -0.39 is 6.29 Å². The van der Waals surface area contributed by atoms with E-state index in [2.05, 4.69) is 5.32 Å². The molecule has 0 spiro atoms. The first-order valence-electron chi connectivity index (χ1n) is 8.93. The molecule has 7 heteroatoms. The van der Waals surface area contributed by atoms with Crippen molar-refractivity contribution in [2.75, 3.05) is 27.3 Å². The SMILES string of the molecule is COC(CNC(=O)c1ccc2c(c1)C(=O)N(CCc1ccccc1)C2=O)OC. The fourth-order valence-electron chi connectivity index (χ4n) is 3.06. The molecule has 2 aromatic carbocycles. The highest BCUT2D eigenvalue weighted by atomic mass is 16.7. The molecule has 0 radical (unpaired) electrons. The highest BCUT2D eigenvalue weighted by molar-refractivity contribution is 6.22. The van der Waals surface area contributed by atoms with Gasteiger partial charge in [-0.2, -0.15) is 0 Å². The topological polar surface area (TPSA) is 84.9 Å². The van der Waals surface area contributed by atoms with Gasteiger partial charge in [-0.3, -0.25) is 19.3 Å². The minimum atomic E-state index is -0.560. The fourth-order valence-corrected chi connectivity index (χ4v) is 3.06. The summed E-state index contributed by atoms with van der Waals surface area (Å²) in [6.45, 7) is 0.459. The van der Waals surface area contributed by atoms with E-state index in [9.17, 15) is 14.4 Å². The van der Waals surface area contributed by atoms with Gasteiger partial charge in [-0.1, -0.05) is 30.3 Å². The van der Waals surface area contributed by atoms with Crippen LogP contribution in [0.5, 0.6) is 0 Å². The number of carbonyl (C=O) groups is 3. The molecule has 0 atom stereocenters. The molecule has 0 bridgehead atoms. The van der Waals surface area contributed by atoms with Crippen molar-refractivity contribution in [3.05, 3.63) is 70.8 Å². The molecule has 3 rings (SSSR count). The van der Waals surface area contributed by atoms with Crippen molar-refractivity contribution >= 4 is 17.7 Å². The fraction of sp³-hybridized carbons (Fsp3) is 0.286. The van der Waals surface area contributed by atoms with Crippen molar-refractivity contribution in [2.45, 2.75) is 12.7 Å². The average Bonchev–Trinajstić information content (AvgIpc) is 2.97. The van der Waals surface area contributed by atoms with E-state index in [1.165, 1.54) is 37.3 Å². The first kappa shape index (κ1) is 19.7. The number of amides is 3. The number of nitrogens with one attached hydrogen (secondary N) is 1. The van der Waals surface area contributed by atoms with Crippen LogP contribution in [0.4, 0.5) is 0 Å². The minimum absolute atomic E-state index is 0.166. The average molecular weight is 382 g/mol. The van der Waals surface area contributed by atoms with Gasteiger partial charge in [-0.05, 0) is 30.2 Å². The zero-order valence-electron chi connectivity index (χ0n) is 15.8. The van der Waals surface area contributed by atoms with Gasteiger partial charge in [-0.15, -0.1) is 0 Å². The first-order chi connectivity index (χ1) is 13.5. The molecule has 0 unspecified atom stereocenters. The maximum atomic E-state index is 12.7. The maximum absolute atomic E-state index is 12.7. The van der Waals surface area contributed by atoms with Crippen LogP contribution >= 0.6 is 0 Å². The van der Waals surface area contributed by atoms with Crippen LogP contribution in [-0.4, -0.2) is 56.2 Å². The number of rotatable bonds is 8. The summed E-state index contributed by atoms with van der Waals surface area (Å²) < 4.78 is 10.1. The van der Waals surface area contributed by atoms with Gasteiger partial charge in [-0.25, -0.2) is 0 Å². The first-order valence-corrected chi connectivity index (χ1v) is 8.93. The third-order valence-electron chi connectivity index (χ3n) is 4.65. The Balaban J connectivity index is 1.69. The lowest BCUT2D eigenvalue weighted by Gasteiger charge is -2.14. The zero-order chi connectivity index (χ0) is 20.1. The van der Waals surface area contributed by atoms with Crippen LogP contribution < -0.4 is 5.32 Å². The summed E-state index contributed by atoms with van der Waals surface area (Å²) in [4.78, 5) is 38.8. The zero-order valence-corrected chi connectivity index (χ0v) is 15.8. The normalized spacial score (nSPS) is 13.2. The third-order valence-corrected chi connectivity index (χ3v) is 4.65. The summed E-state index contributed by atoms with van der Waals surface area (Å²) in [5.74, 6) is -1.08. The lowest BCUT2D eigenvalue weighted by atomic mass is 10.1. The van der Waals surface area contributed by atoms with Gasteiger partial charge < -0.3 is 14.8 Å². The molecule has 0 aliphatic carbocycles. The van der Waals surface area contributed by atoms with Gasteiger partial charge in [0, 0.05) is 26.3 Å². The van der Waals surface area contributed by atoms with Gasteiger partial charge in [0.05, 0.1) is 17.7 Å². The van der Waals surface area contributed by atoms with E-state index in [4.69, 9.17) is 9.47 Å². The standard InChI is InChI=1S/C21H22N2O5/c1-27-18(28-2)13-22-19(24)15-8-9-16-17(12-15)21(26)23(20(16)25)11-10-14-6-4-3-5-7-14/h3-9,12,18H,10-11,13H2,1-2H3,(H,22,24). The summed E-state index contributed by atoms with van der Waals surface area (Å²) in [7, 11) is 2.95. The molecule has 146 valence electrons. The number of carbonyl (C=O) groups excluding carboxylic acids is 3. The highest BCUT2D eigenvalue weighted by Crippen LogP contribution is 2.24. The summed E-state index contributed by atoms with van der Waals surface area (Å²) in [5.41, 5.74) is 1.92. The van der Waals surface area contributed by atoms with Crippen molar-refractivity contribution in [2.24, 2.45) is 0 Å². The molecule has 1 aliphatic heterocycles. The van der Waals surface area contributed by atoms with Crippen LogP contribution in [0.25, 0.3) is 0 Å². The maximum Gasteiger partial charge on any atom is 0.261 e. The number of imide groups is 1. The van der Waals surface area contributed by atoms with Crippen LogP contribution in [0.2, 0.25) is 0 Å². The number of fused-ring (bicyclic) bond motifs is 1. The summed E-state index contributed by atoms with van der Waals surface area (Å²) in [6, 6.07) is 14.2. The lowest BCUT2D eigenvalue weighted by molar-refractivity contribution is -0.0974. The Morgan fingerprint density at radius 1 is 1.00 bits per heavy atom. The minimum Gasteiger partial charge on any atom is -0.354 e. The molecule has 1 aliphatic rings. The number of nitrogens with zero attached hydrogens (tertiary/aromatic N) is 1. The number of benzene rings is 2. The van der Waals surface area contributed by atoms with Gasteiger partial charge in [0.2, 0.25) is 0 Å². The summed E-state index contributed by atoms with van der Waals surface area (Å²) in [5, 5.41) is 2.68. The summed E-state index contributed by atoms with van der Waals surface area (Å²) in [6.07, 6.45) is 0.0183. The molecule has 28 heavy (non-hydrogen) atoms.